The molecule has 1 aliphatic carbocycles. The standard InChI is InChI=1S/C13H17F2NO/c1-17-5-4-16-8-9-6-12(9)11-3-2-10(14)7-13(11)15/h2-3,7,9,12,16H,4-6,8H2,1H3. The number of ether oxygens (including phenoxy) is 1. The predicted molar refractivity (Wildman–Crippen MR) is 62.0 cm³/mol. The van der Waals surface area contributed by atoms with E-state index in [1.54, 1.807) is 13.2 Å². The number of nitrogens with one attached hydrogen (secondary N) is 1. The molecule has 1 saturated carbocycles. The lowest BCUT2D eigenvalue weighted by molar-refractivity contribution is 0.199. The van der Waals surface area contributed by atoms with Crippen molar-refractivity contribution in [1.82, 2.24) is 5.32 Å². The van der Waals surface area contributed by atoms with E-state index < -0.39 is 11.6 Å². The molecule has 0 amide bonds. The van der Waals surface area contributed by atoms with Crippen molar-refractivity contribution in [2.45, 2.75) is 12.3 Å². The number of hydrogen-bond donors (Lipinski definition) is 1. The fourth-order valence-corrected chi connectivity index (χ4v) is 2.12. The Morgan fingerprint density at radius 1 is 1.41 bits per heavy atom. The second-order valence-corrected chi connectivity index (χ2v) is 4.47. The first-order valence-corrected chi connectivity index (χ1v) is 5.87. The van der Waals surface area contributed by atoms with Crippen LogP contribution in [0.5, 0.6) is 0 Å². The first-order valence-electron chi connectivity index (χ1n) is 5.87. The lowest BCUT2D eigenvalue weighted by Crippen LogP contribution is -2.21. The Bertz CT molecular complexity index is 384. The van der Waals surface area contributed by atoms with Crippen molar-refractivity contribution in [3.63, 3.8) is 0 Å². The third-order valence-corrected chi connectivity index (χ3v) is 3.17. The summed E-state index contributed by atoms with van der Waals surface area (Å²) in [5.41, 5.74) is 0.643. The van der Waals surface area contributed by atoms with Gasteiger partial charge in [0.15, 0.2) is 0 Å². The van der Waals surface area contributed by atoms with Crippen LogP contribution < -0.4 is 5.32 Å². The molecule has 2 atom stereocenters. The summed E-state index contributed by atoms with van der Waals surface area (Å²) in [6.45, 7) is 2.36. The van der Waals surface area contributed by atoms with Crippen LogP contribution in [-0.4, -0.2) is 26.8 Å². The zero-order valence-electron chi connectivity index (χ0n) is 9.88. The summed E-state index contributed by atoms with van der Waals surface area (Å²) >= 11 is 0. The van der Waals surface area contributed by atoms with Gasteiger partial charge in [0.05, 0.1) is 6.61 Å². The Morgan fingerprint density at radius 2 is 2.24 bits per heavy atom. The Labute approximate surface area is 100.0 Å². The van der Waals surface area contributed by atoms with Gasteiger partial charge >= 0.3 is 0 Å². The van der Waals surface area contributed by atoms with E-state index in [4.69, 9.17) is 4.74 Å². The summed E-state index contributed by atoms with van der Waals surface area (Å²) in [5.74, 6) is -0.228. The zero-order valence-corrected chi connectivity index (χ0v) is 9.88. The average molecular weight is 241 g/mol. The van der Waals surface area contributed by atoms with Gasteiger partial charge < -0.3 is 10.1 Å². The first-order chi connectivity index (χ1) is 8.22. The van der Waals surface area contributed by atoms with Crippen LogP contribution in [0.1, 0.15) is 17.9 Å². The molecule has 1 fully saturated rings. The number of rotatable bonds is 6. The maximum Gasteiger partial charge on any atom is 0.129 e. The molecule has 0 radical (unpaired) electrons. The van der Waals surface area contributed by atoms with Crippen molar-refractivity contribution in [1.29, 1.82) is 0 Å². The van der Waals surface area contributed by atoms with Crippen LogP contribution in [0.25, 0.3) is 0 Å². The van der Waals surface area contributed by atoms with Crippen LogP contribution in [0, 0.1) is 17.6 Å². The number of hydrogen-bond acceptors (Lipinski definition) is 2. The highest BCUT2D eigenvalue weighted by atomic mass is 19.1. The molecule has 0 aliphatic heterocycles. The van der Waals surface area contributed by atoms with Crippen molar-refractivity contribution >= 4 is 0 Å². The summed E-state index contributed by atoms with van der Waals surface area (Å²) in [4.78, 5) is 0. The molecule has 1 N–H and O–H groups in total. The monoisotopic (exact) mass is 241 g/mol. The first kappa shape index (κ1) is 12.5. The maximum atomic E-state index is 13.5. The van der Waals surface area contributed by atoms with Gasteiger partial charge in [-0.2, -0.15) is 0 Å². The van der Waals surface area contributed by atoms with Crippen LogP contribution in [0.4, 0.5) is 8.78 Å². The molecule has 1 aromatic rings. The maximum absolute atomic E-state index is 13.5. The molecular formula is C13H17F2NO. The van der Waals surface area contributed by atoms with Gasteiger partial charge in [0.25, 0.3) is 0 Å². The second-order valence-electron chi connectivity index (χ2n) is 4.47. The Morgan fingerprint density at radius 3 is 2.94 bits per heavy atom. The molecule has 17 heavy (non-hydrogen) atoms. The van der Waals surface area contributed by atoms with Crippen molar-refractivity contribution in [3.8, 4) is 0 Å². The fourth-order valence-electron chi connectivity index (χ4n) is 2.12. The van der Waals surface area contributed by atoms with Gasteiger partial charge in [-0.05, 0) is 36.4 Å². The Kier molecular flexibility index (Phi) is 4.07. The predicted octanol–water partition coefficient (Wildman–Crippen LogP) is 2.30. The minimum Gasteiger partial charge on any atom is -0.383 e. The Balaban J connectivity index is 1.81. The minimum absolute atomic E-state index is 0.241. The molecule has 1 aliphatic rings. The minimum atomic E-state index is -0.512. The molecule has 0 heterocycles. The van der Waals surface area contributed by atoms with Crippen molar-refractivity contribution < 1.29 is 13.5 Å². The van der Waals surface area contributed by atoms with Crippen LogP contribution >= 0.6 is 0 Å². The Hall–Kier alpha value is -1.00. The molecule has 0 bridgehead atoms. The van der Waals surface area contributed by atoms with Crippen LogP contribution in [-0.2, 0) is 4.74 Å². The molecule has 94 valence electrons. The van der Waals surface area contributed by atoms with Crippen LogP contribution in [0.2, 0.25) is 0 Å². The third-order valence-electron chi connectivity index (χ3n) is 3.17. The second kappa shape index (κ2) is 5.56. The highest BCUT2D eigenvalue weighted by Gasteiger charge is 2.39. The summed E-state index contributed by atoms with van der Waals surface area (Å²) in [6, 6.07) is 3.85. The lowest BCUT2D eigenvalue weighted by atomic mass is 10.1. The summed E-state index contributed by atoms with van der Waals surface area (Å²) in [6.07, 6.45) is 0.975. The largest absolute Gasteiger partial charge is 0.383 e. The van der Waals surface area contributed by atoms with Gasteiger partial charge in [-0.3, -0.25) is 0 Å². The highest BCUT2D eigenvalue weighted by molar-refractivity contribution is 5.28. The van der Waals surface area contributed by atoms with Crippen molar-refractivity contribution in [2.24, 2.45) is 5.92 Å². The molecule has 0 spiro atoms. The normalized spacial score (nSPS) is 22.8. The van der Waals surface area contributed by atoms with E-state index >= 15 is 0 Å². The quantitative estimate of drug-likeness (QED) is 0.772. The molecule has 2 rings (SSSR count). The zero-order chi connectivity index (χ0) is 12.3. The van der Waals surface area contributed by atoms with Crippen molar-refractivity contribution in [2.75, 3.05) is 26.8 Å². The van der Waals surface area contributed by atoms with Gasteiger partial charge in [0.1, 0.15) is 11.6 Å². The third kappa shape index (κ3) is 3.23. The summed E-state index contributed by atoms with van der Waals surface area (Å²) in [7, 11) is 1.66. The number of halogens is 2. The lowest BCUT2D eigenvalue weighted by Gasteiger charge is -2.04. The molecular weight excluding hydrogens is 224 g/mol. The molecule has 2 unspecified atom stereocenters. The van der Waals surface area contributed by atoms with E-state index in [1.165, 1.54) is 6.07 Å². The summed E-state index contributed by atoms with van der Waals surface area (Å²) < 4.78 is 31.2. The SMILES string of the molecule is COCCNCC1CC1c1ccc(F)cc1F. The molecule has 4 heteroatoms. The van der Waals surface area contributed by atoms with E-state index in [2.05, 4.69) is 5.32 Å². The molecule has 2 nitrogen and oxygen atoms in total. The topological polar surface area (TPSA) is 21.3 Å². The van der Waals surface area contributed by atoms with E-state index in [-0.39, 0.29) is 5.92 Å². The van der Waals surface area contributed by atoms with Gasteiger partial charge in [0, 0.05) is 19.7 Å². The van der Waals surface area contributed by atoms with E-state index in [1.807, 2.05) is 0 Å². The molecule has 0 saturated heterocycles. The molecule has 0 aromatic heterocycles. The van der Waals surface area contributed by atoms with Crippen LogP contribution in [0.3, 0.4) is 0 Å². The van der Waals surface area contributed by atoms with Gasteiger partial charge in [-0.1, -0.05) is 6.07 Å². The van der Waals surface area contributed by atoms with Crippen molar-refractivity contribution in [3.05, 3.63) is 35.4 Å². The number of benzene rings is 1. The van der Waals surface area contributed by atoms with E-state index in [0.717, 1.165) is 25.6 Å². The number of methoxy groups -OCH3 is 1. The summed E-state index contributed by atoms with van der Waals surface area (Å²) in [5, 5.41) is 3.26. The van der Waals surface area contributed by atoms with Gasteiger partial charge in [-0.15, -0.1) is 0 Å². The highest BCUT2D eigenvalue weighted by Crippen LogP contribution is 2.47. The van der Waals surface area contributed by atoms with E-state index in [9.17, 15) is 8.78 Å². The van der Waals surface area contributed by atoms with E-state index in [0.29, 0.717) is 18.1 Å². The van der Waals surface area contributed by atoms with Gasteiger partial charge in [-0.25, -0.2) is 8.78 Å². The average Bonchev–Trinajstić information content (AvgIpc) is 3.04. The molecule has 1 aromatic carbocycles. The smallest absolute Gasteiger partial charge is 0.129 e. The van der Waals surface area contributed by atoms with Crippen LogP contribution in [0.15, 0.2) is 18.2 Å². The van der Waals surface area contributed by atoms with Gasteiger partial charge in [0.2, 0.25) is 0 Å². The fraction of sp³-hybridized carbons (Fsp3) is 0.538.